The van der Waals surface area contributed by atoms with Crippen molar-refractivity contribution in [1.82, 2.24) is 84.7 Å². The smallest absolute Gasteiger partial charge is 0.148 e. The largest absolute Gasteiger partial charge is 0.362 e. The number of hydrogen-bond donors (Lipinski definition) is 15. The van der Waals surface area contributed by atoms with Crippen LogP contribution in [0.2, 0.25) is 0 Å². The molecular weight excluding hydrogens is 748 g/mol. The summed E-state index contributed by atoms with van der Waals surface area (Å²) in [6.07, 6.45) is -4.73. The lowest BCUT2D eigenvalue weighted by Gasteiger charge is -2.44. The molecule has 0 aromatic heterocycles. The van der Waals surface area contributed by atoms with Gasteiger partial charge in [-0.25, -0.2) is 0 Å². The van der Waals surface area contributed by atoms with Crippen LogP contribution in [-0.2, 0) is 37.9 Å². The average Bonchev–Trinajstić information content (AvgIpc) is 3.94. The highest BCUT2D eigenvalue weighted by molar-refractivity contribution is 5.18. The molecule has 0 aromatic rings. The maximum Gasteiger partial charge on any atom is 0.148 e. The molecule has 326 valence electrons. The molecule has 9 aliphatic rings. The fraction of sp³-hybridized carbons (Fsp3) is 1.00. The van der Waals surface area contributed by atoms with Gasteiger partial charge in [-0.3, -0.25) is 84.7 Å². The summed E-state index contributed by atoms with van der Waals surface area (Å²) in [5.41, 5.74) is 0. The summed E-state index contributed by atoms with van der Waals surface area (Å²) in [5, 5.41) is 57.8. The van der Waals surface area contributed by atoms with E-state index in [1.807, 2.05) is 0 Å². The second-order valence-corrected chi connectivity index (χ2v) is 16.4. The lowest BCUT2D eigenvalue weighted by atomic mass is 10.00. The quantitative estimate of drug-likeness (QED) is 0.109. The molecule has 9 saturated heterocycles. The van der Waals surface area contributed by atoms with E-state index in [9.17, 15) is 0 Å². The highest BCUT2D eigenvalue weighted by Gasteiger charge is 2.60. The van der Waals surface area contributed by atoms with E-state index >= 15 is 0 Å². The Bertz CT molecular complexity index is 1280. The van der Waals surface area contributed by atoms with Crippen molar-refractivity contribution in [3.8, 4) is 0 Å². The Morgan fingerprint density at radius 3 is 0.614 bits per heavy atom. The third kappa shape index (κ3) is 7.16. The number of nitrogens with zero attached hydrogens (tertiary/aromatic N) is 1. The molecule has 57 heavy (non-hydrogen) atoms. The van der Waals surface area contributed by atoms with Gasteiger partial charge in [-0.15, -0.1) is 0 Å². The third-order valence-electron chi connectivity index (χ3n) is 13.7. The molecule has 9 rings (SSSR count). The van der Waals surface area contributed by atoms with Crippen molar-refractivity contribution < 1.29 is 37.9 Å². The molecule has 0 aromatic carbocycles. The monoisotopic (exact) mass is 815 g/mol. The number of ether oxygens (including phenoxy) is 8. The third-order valence-corrected chi connectivity index (χ3v) is 13.7. The lowest BCUT2D eigenvalue weighted by Crippen LogP contribution is -2.74. The topological polar surface area (TPSA) is 258 Å². The van der Waals surface area contributed by atoms with Crippen molar-refractivity contribution in [1.29, 1.82) is 0 Å². The van der Waals surface area contributed by atoms with Crippen LogP contribution in [-0.4, -0.2) is 216 Å². The molecule has 24 nitrogen and oxygen atoms in total. The first-order valence-electron chi connectivity index (χ1n) is 20.1. The molecular formula is C33H66N16O8. The van der Waals surface area contributed by atoms with E-state index in [1.165, 1.54) is 0 Å². The van der Waals surface area contributed by atoms with Crippen molar-refractivity contribution in [2.24, 2.45) is 0 Å². The normalized spacial score (nSPS) is 54.9. The predicted octanol–water partition coefficient (Wildman–Crippen LogP) is -8.78. The Kier molecular flexibility index (Phi) is 12.4. The summed E-state index contributed by atoms with van der Waals surface area (Å²) < 4.78 is 47.2. The summed E-state index contributed by atoms with van der Waals surface area (Å²) in [7, 11) is 15.7. The van der Waals surface area contributed by atoms with E-state index in [1.54, 1.807) is 56.9 Å². The number of piperazine rings is 4. The molecule has 24 atom stereocenters. The molecule has 24 heteroatoms. The fourth-order valence-corrected chi connectivity index (χ4v) is 11.0. The minimum Gasteiger partial charge on any atom is -0.362 e. The Morgan fingerprint density at radius 1 is 0.246 bits per heavy atom. The number of nitrogens with one attached hydrogen (secondary N) is 15. The molecule has 0 saturated carbocycles. The van der Waals surface area contributed by atoms with E-state index in [4.69, 9.17) is 37.9 Å². The van der Waals surface area contributed by atoms with Crippen LogP contribution in [0.4, 0.5) is 0 Å². The molecule has 15 N–H and O–H groups in total. The summed E-state index contributed by atoms with van der Waals surface area (Å²) in [5.74, 6) is 0. The van der Waals surface area contributed by atoms with Crippen LogP contribution < -0.4 is 79.8 Å². The van der Waals surface area contributed by atoms with Crippen LogP contribution >= 0.6 is 0 Å². The summed E-state index contributed by atoms with van der Waals surface area (Å²) in [6, 6.07) is -0.880. The molecule has 8 bridgehead atoms. The van der Waals surface area contributed by atoms with E-state index in [0.717, 1.165) is 0 Å². The molecule has 0 spiro atoms. The van der Waals surface area contributed by atoms with Gasteiger partial charge < -0.3 is 37.9 Å². The molecule has 9 heterocycles. The van der Waals surface area contributed by atoms with Crippen LogP contribution in [0.1, 0.15) is 0 Å². The second-order valence-electron chi connectivity index (χ2n) is 16.4. The number of fused-ring (bicyclic) bond motifs is 20. The van der Waals surface area contributed by atoms with Crippen molar-refractivity contribution in [2.75, 3.05) is 63.9 Å². The van der Waals surface area contributed by atoms with Crippen LogP contribution in [0, 0.1) is 0 Å². The van der Waals surface area contributed by atoms with Gasteiger partial charge in [0, 0.05) is 56.9 Å². The zero-order chi connectivity index (χ0) is 39.7. The second kappa shape index (κ2) is 17.1. The molecule has 9 aliphatic heterocycles. The molecule has 9 fully saturated rings. The summed E-state index contributed by atoms with van der Waals surface area (Å²) >= 11 is 0. The van der Waals surface area contributed by atoms with Crippen LogP contribution in [0.15, 0.2) is 0 Å². The van der Waals surface area contributed by atoms with E-state index < -0.39 is 0 Å². The molecule has 0 aliphatic carbocycles. The summed E-state index contributed by atoms with van der Waals surface area (Å²) in [6.45, 7) is 0. The van der Waals surface area contributed by atoms with Gasteiger partial charge in [-0.1, -0.05) is 0 Å². The van der Waals surface area contributed by atoms with E-state index in [-0.39, 0.29) is 147 Å². The van der Waals surface area contributed by atoms with Gasteiger partial charge in [0.25, 0.3) is 0 Å². The van der Waals surface area contributed by atoms with Gasteiger partial charge in [0.1, 0.15) is 49.8 Å². The highest BCUT2D eigenvalue weighted by Crippen LogP contribution is 2.31. The summed E-state index contributed by atoms with van der Waals surface area (Å²) in [4.78, 5) is 2.36. The first-order valence-corrected chi connectivity index (χ1v) is 20.1. The first-order chi connectivity index (χ1) is 27.7. The number of rotatable bonds is 8. The molecule has 0 amide bonds. The average molecular weight is 815 g/mol. The Labute approximate surface area is 333 Å². The maximum absolute atomic E-state index is 5.92. The van der Waals surface area contributed by atoms with Gasteiger partial charge in [0.15, 0.2) is 0 Å². The fourth-order valence-electron chi connectivity index (χ4n) is 11.0. The van der Waals surface area contributed by atoms with Crippen LogP contribution in [0.25, 0.3) is 0 Å². The minimum atomic E-state index is -0.381. The minimum absolute atomic E-state index is 0.0999. The van der Waals surface area contributed by atoms with Gasteiger partial charge >= 0.3 is 0 Å². The molecule has 0 radical (unpaired) electrons. The zero-order valence-corrected chi connectivity index (χ0v) is 34.1. The number of hydrogen-bond acceptors (Lipinski definition) is 24. The highest BCUT2D eigenvalue weighted by atomic mass is 16.6. The SMILES string of the molecule is COC1NC2C3NC(NC4NC(NC5C6NC(OC)C(OC)NC6C(NC6NC(N3)C3NC(OC)C(OC)NC63)N5C)C3NC(OC)C(OC)NC43)C2NC1OC. The Balaban J connectivity index is 1.10. The van der Waals surface area contributed by atoms with Crippen LogP contribution in [0.5, 0.6) is 0 Å². The zero-order valence-electron chi connectivity index (χ0n) is 34.1. The van der Waals surface area contributed by atoms with E-state index in [0.29, 0.717) is 0 Å². The van der Waals surface area contributed by atoms with E-state index in [2.05, 4.69) is 91.7 Å². The standard InChI is InChI=1S/C33H66N16O8/c1-49-24-16-17(41-33(57-9)32(40-16)56-8)25(49)48-23-15-13(37-29(53-5)31(39-15)55-7)21(46-23)44-19-11-10(34-26(50-2)27(35-11)51-3)18(42-19)43-20-12-14(22(45-20)47-24)38-30(54-6)28(36-12)52-4/h10-48H,1-9H3. The maximum atomic E-state index is 5.92. The Hall–Kier alpha value is -0.960. The number of methoxy groups -OCH3 is 8. The van der Waals surface area contributed by atoms with Gasteiger partial charge in [-0.05, 0) is 7.05 Å². The molecule has 24 unspecified atom stereocenters. The van der Waals surface area contributed by atoms with Crippen molar-refractivity contribution in [3.63, 3.8) is 0 Å². The van der Waals surface area contributed by atoms with Crippen molar-refractivity contribution >= 4 is 0 Å². The predicted molar refractivity (Wildman–Crippen MR) is 202 cm³/mol. The van der Waals surface area contributed by atoms with Crippen molar-refractivity contribution in [3.05, 3.63) is 0 Å². The van der Waals surface area contributed by atoms with Crippen LogP contribution in [0.3, 0.4) is 0 Å². The van der Waals surface area contributed by atoms with Gasteiger partial charge in [0.2, 0.25) is 0 Å². The number of likely N-dealkylation sites (N-methyl/N-ethyl adjacent to an activating group) is 1. The lowest BCUT2D eigenvalue weighted by molar-refractivity contribution is -0.107. The Morgan fingerprint density at radius 2 is 0.421 bits per heavy atom. The van der Waals surface area contributed by atoms with Gasteiger partial charge in [0.05, 0.1) is 97.7 Å². The van der Waals surface area contributed by atoms with Crippen molar-refractivity contribution in [2.45, 2.75) is 147 Å². The first kappa shape index (κ1) is 41.4. The van der Waals surface area contributed by atoms with Gasteiger partial charge in [-0.2, -0.15) is 0 Å².